The molecule has 0 aliphatic heterocycles. The molecule has 0 heterocycles. The van der Waals surface area contributed by atoms with E-state index in [9.17, 15) is 5.11 Å². The quantitative estimate of drug-likeness (QED) is 0.846. The maximum absolute atomic E-state index is 9.77. The molecule has 110 valence electrons. The summed E-state index contributed by atoms with van der Waals surface area (Å²) in [5, 5.41) is 14.0. The molecule has 2 aliphatic carbocycles. The number of ether oxygens (including phenoxy) is 1. The molecule has 4 heteroatoms. The van der Waals surface area contributed by atoms with Gasteiger partial charge in [-0.3, -0.25) is 0 Å². The first kappa shape index (κ1) is 14.2. The molecule has 2 atom stereocenters. The van der Waals surface area contributed by atoms with Gasteiger partial charge in [-0.25, -0.2) is 0 Å². The number of methoxy groups -OCH3 is 1. The minimum Gasteiger partial charge on any atom is -0.497 e. The van der Waals surface area contributed by atoms with E-state index in [1.807, 2.05) is 23.9 Å². The highest BCUT2D eigenvalue weighted by molar-refractivity contribution is 8.00. The fraction of sp³-hybridized carbons (Fsp3) is 0.625. The summed E-state index contributed by atoms with van der Waals surface area (Å²) < 4.78 is 5.28. The van der Waals surface area contributed by atoms with Gasteiger partial charge in [-0.1, -0.05) is 6.07 Å². The zero-order valence-electron chi connectivity index (χ0n) is 12.0. The molecule has 0 radical (unpaired) electrons. The first-order valence-corrected chi connectivity index (χ1v) is 8.30. The molecule has 0 bridgehead atoms. The third kappa shape index (κ3) is 3.30. The van der Waals surface area contributed by atoms with Gasteiger partial charge in [0.1, 0.15) is 5.75 Å². The highest BCUT2D eigenvalue weighted by Crippen LogP contribution is 2.42. The van der Waals surface area contributed by atoms with E-state index in [4.69, 9.17) is 4.74 Å². The van der Waals surface area contributed by atoms with Gasteiger partial charge in [0.2, 0.25) is 0 Å². The van der Waals surface area contributed by atoms with Crippen molar-refractivity contribution >= 4 is 11.8 Å². The van der Waals surface area contributed by atoms with Crippen molar-refractivity contribution in [2.45, 2.75) is 53.8 Å². The van der Waals surface area contributed by atoms with Gasteiger partial charge < -0.3 is 15.2 Å². The molecule has 2 fully saturated rings. The van der Waals surface area contributed by atoms with Gasteiger partial charge >= 0.3 is 0 Å². The number of thioether (sulfide) groups is 1. The number of aliphatic hydroxyl groups excluding tert-OH is 1. The maximum atomic E-state index is 9.77. The van der Waals surface area contributed by atoms with Crippen LogP contribution in [0.3, 0.4) is 0 Å². The number of benzene rings is 1. The first-order valence-electron chi connectivity index (χ1n) is 7.42. The van der Waals surface area contributed by atoms with Gasteiger partial charge in [-0.15, -0.1) is 11.8 Å². The summed E-state index contributed by atoms with van der Waals surface area (Å²) in [7, 11) is 1.70. The Morgan fingerprint density at radius 1 is 1.40 bits per heavy atom. The van der Waals surface area contributed by atoms with Crippen LogP contribution in [-0.2, 0) is 0 Å². The second-order valence-electron chi connectivity index (χ2n) is 6.02. The van der Waals surface area contributed by atoms with Crippen LogP contribution in [0.15, 0.2) is 29.2 Å². The Morgan fingerprint density at radius 2 is 2.25 bits per heavy atom. The smallest absolute Gasteiger partial charge is 0.119 e. The van der Waals surface area contributed by atoms with Gasteiger partial charge in [0.25, 0.3) is 0 Å². The molecule has 1 aromatic carbocycles. The number of nitrogens with one attached hydrogen (secondary N) is 1. The summed E-state index contributed by atoms with van der Waals surface area (Å²) in [4.78, 5) is 1.26. The maximum Gasteiger partial charge on any atom is 0.119 e. The van der Waals surface area contributed by atoms with Gasteiger partial charge in [0.05, 0.1) is 13.7 Å². The molecule has 3 rings (SSSR count). The number of hydrogen-bond donors (Lipinski definition) is 2. The lowest BCUT2D eigenvalue weighted by molar-refractivity contribution is 0.163. The molecule has 0 saturated heterocycles. The van der Waals surface area contributed by atoms with Crippen LogP contribution in [0.1, 0.15) is 32.1 Å². The first-order chi connectivity index (χ1) is 9.73. The Labute approximate surface area is 125 Å². The minimum absolute atomic E-state index is 0.0301. The Bertz CT molecular complexity index is 464. The topological polar surface area (TPSA) is 41.5 Å². The lowest BCUT2D eigenvalue weighted by atomic mass is 9.99. The lowest BCUT2D eigenvalue weighted by Gasteiger charge is -2.28. The molecule has 2 N–H and O–H groups in total. The molecule has 3 nitrogen and oxygen atoms in total. The van der Waals surface area contributed by atoms with Crippen molar-refractivity contribution in [2.75, 3.05) is 13.7 Å². The monoisotopic (exact) mass is 293 g/mol. The van der Waals surface area contributed by atoms with Crippen LogP contribution in [0.5, 0.6) is 5.75 Å². The van der Waals surface area contributed by atoms with Gasteiger partial charge in [-0.2, -0.15) is 0 Å². The highest BCUT2D eigenvalue weighted by atomic mass is 32.2. The van der Waals surface area contributed by atoms with Crippen molar-refractivity contribution < 1.29 is 9.84 Å². The molecular formula is C16H23NO2S. The van der Waals surface area contributed by atoms with E-state index in [0.717, 1.165) is 18.6 Å². The van der Waals surface area contributed by atoms with Crippen LogP contribution in [0.2, 0.25) is 0 Å². The third-order valence-electron chi connectivity index (χ3n) is 4.30. The molecule has 20 heavy (non-hydrogen) atoms. The molecular weight excluding hydrogens is 270 g/mol. The molecule has 2 aliphatic rings. The van der Waals surface area contributed by atoms with E-state index in [-0.39, 0.29) is 12.1 Å². The van der Waals surface area contributed by atoms with Crippen LogP contribution in [0, 0.1) is 0 Å². The Morgan fingerprint density at radius 3 is 2.95 bits per heavy atom. The fourth-order valence-electron chi connectivity index (χ4n) is 3.03. The molecule has 0 amide bonds. The van der Waals surface area contributed by atoms with Gasteiger partial charge in [0, 0.05) is 21.7 Å². The SMILES string of the molecule is COc1cccc(SC2CCC(CO)(NC3CC3)C2)c1. The largest absolute Gasteiger partial charge is 0.497 e. The fourth-order valence-corrected chi connectivity index (χ4v) is 4.39. The zero-order valence-corrected chi connectivity index (χ0v) is 12.8. The van der Waals surface area contributed by atoms with Gasteiger partial charge in [-0.05, 0) is 50.3 Å². The van der Waals surface area contributed by atoms with E-state index < -0.39 is 0 Å². The second-order valence-corrected chi connectivity index (χ2v) is 7.39. The normalized spacial score (nSPS) is 29.6. The van der Waals surface area contributed by atoms with Crippen molar-refractivity contribution in [3.05, 3.63) is 24.3 Å². The summed E-state index contributed by atoms with van der Waals surface area (Å²) in [6.07, 6.45) is 5.86. The van der Waals surface area contributed by atoms with Crippen LogP contribution in [0.25, 0.3) is 0 Å². The molecule has 2 unspecified atom stereocenters. The Balaban J connectivity index is 1.61. The van der Waals surface area contributed by atoms with E-state index >= 15 is 0 Å². The summed E-state index contributed by atoms with van der Waals surface area (Å²) in [6, 6.07) is 8.91. The average Bonchev–Trinajstić information content (AvgIpc) is 3.19. The van der Waals surface area contributed by atoms with Crippen LogP contribution in [0.4, 0.5) is 0 Å². The zero-order chi connectivity index (χ0) is 14.0. The summed E-state index contributed by atoms with van der Waals surface area (Å²) in [6.45, 7) is 0.263. The summed E-state index contributed by atoms with van der Waals surface area (Å²) in [5.74, 6) is 0.914. The van der Waals surface area contributed by atoms with Gasteiger partial charge in [0.15, 0.2) is 0 Å². The Kier molecular flexibility index (Phi) is 4.24. The highest BCUT2D eigenvalue weighted by Gasteiger charge is 2.42. The predicted molar refractivity (Wildman–Crippen MR) is 82.5 cm³/mol. The van der Waals surface area contributed by atoms with Crippen molar-refractivity contribution in [3.8, 4) is 5.75 Å². The van der Waals surface area contributed by atoms with Crippen LogP contribution < -0.4 is 10.1 Å². The van der Waals surface area contributed by atoms with E-state index in [1.165, 1.54) is 24.2 Å². The standard InChI is InChI=1S/C16H23NO2S/c1-19-13-3-2-4-14(9-13)20-15-7-8-16(10-15,11-18)17-12-5-6-12/h2-4,9,12,15,17-18H,5-8,10-11H2,1H3. The molecule has 2 saturated carbocycles. The van der Waals surface area contributed by atoms with E-state index in [2.05, 4.69) is 17.4 Å². The third-order valence-corrected chi connectivity index (χ3v) is 5.56. The van der Waals surface area contributed by atoms with Crippen molar-refractivity contribution in [1.29, 1.82) is 0 Å². The van der Waals surface area contributed by atoms with Crippen molar-refractivity contribution in [1.82, 2.24) is 5.32 Å². The minimum atomic E-state index is -0.0301. The Hall–Kier alpha value is -0.710. The predicted octanol–water partition coefficient (Wildman–Crippen LogP) is 2.82. The molecule has 1 aromatic rings. The summed E-state index contributed by atoms with van der Waals surface area (Å²) in [5.41, 5.74) is -0.0301. The van der Waals surface area contributed by atoms with Crippen molar-refractivity contribution in [2.24, 2.45) is 0 Å². The number of aliphatic hydroxyl groups is 1. The van der Waals surface area contributed by atoms with E-state index in [0.29, 0.717) is 11.3 Å². The van der Waals surface area contributed by atoms with E-state index in [1.54, 1.807) is 7.11 Å². The number of rotatable bonds is 6. The van der Waals surface area contributed by atoms with Crippen LogP contribution in [-0.4, -0.2) is 35.7 Å². The second kappa shape index (κ2) is 5.96. The molecule has 0 spiro atoms. The lowest BCUT2D eigenvalue weighted by Crippen LogP contribution is -2.47. The van der Waals surface area contributed by atoms with Crippen molar-refractivity contribution in [3.63, 3.8) is 0 Å². The van der Waals surface area contributed by atoms with Crippen LogP contribution >= 0.6 is 11.8 Å². The summed E-state index contributed by atoms with van der Waals surface area (Å²) >= 11 is 1.91. The average molecular weight is 293 g/mol. The number of hydrogen-bond acceptors (Lipinski definition) is 4. The molecule has 0 aromatic heterocycles.